The summed E-state index contributed by atoms with van der Waals surface area (Å²) in [5.41, 5.74) is 2.51. The Morgan fingerprint density at radius 2 is 1.62 bits per heavy atom. The van der Waals surface area contributed by atoms with E-state index in [1.807, 2.05) is 38.1 Å². The number of benzene rings is 3. The van der Waals surface area contributed by atoms with Crippen LogP contribution in [0.25, 0.3) is 0 Å². The van der Waals surface area contributed by atoms with Crippen molar-refractivity contribution in [2.24, 2.45) is 0 Å². The number of sulfonamides is 1. The summed E-state index contributed by atoms with van der Waals surface area (Å²) in [6, 6.07) is 18.8. The van der Waals surface area contributed by atoms with E-state index in [0.29, 0.717) is 22.2 Å². The van der Waals surface area contributed by atoms with Crippen LogP contribution in [-0.4, -0.2) is 8.42 Å². The zero-order valence-electron chi connectivity index (χ0n) is 14.4. The number of ether oxygens (including phenoxy) is 1. The van der Waals surface area contributed by atoms with Crippen LogP contribution in [-0.2, 0) is 10.0 Å². The predicted octanol–water partition coefficient (Wildman–Crippen LogP) is 5.55. The molecule has 3 aromatic carbocycles. The number of aryl methyl sites for hydroxylation is 2. The molecule has 0 heterocycles. The third-order valence-electron chi connectivity index (χ3n) is 3.82. The van der Waals surface area contributed by atoms with E-state index in [-0.39, 0.29) is 4.90 Å². The van der Waals surface area contributed by atoms with Gasteiger partial charge in [-0.15, -0.1) is 0 Å². The third kappa shape index (κ3) is 4.18. The van der Waals surface area contributed by atoms with Crippen LogP contribution in [0, 0.1) is 13.8 Å². The number of halogens is 1. The van der Waals surface area contributed by atoms with E-state index >= 15 is 0 Å². The van der Waals surface area contributed by atoms with E-state index in [1.54, 1.807) is 30.3 Å². The van der Waals surface area contributed by atoms with Crippen LogP contribution >= 0.6 is 11.6 Å². The third-order valence-corrected chi connectivity index (χ3v) is 5.52. The Bertz CT molecular complexity index is 1030. The summed E-state index contributed by atoms with van der Waals surface area (Å²) in [7, 11) is -3.68. The predicted molar refractivity (Wildman–Crippen MR) is 105 cm³/mol. The van der Waals surface area contributed by atoms with Crippen molar-refractivity contribution >= 4 is 27.3 Å². The lowest BCUT2D eigenvalue weighted by molar-refractivity contribution is 0.482. The molecule has 1 N–H and O–H groups in total. The summed E-state index contributed by atoms with van der Waals surface area (Å²) < 4.78 is 33.5. The molecule has 0 atom stereocenters. The first-order valence-electron chi connectivity index (χ1n) is 7.98. The van der Waals surface area contributed by atoms with Gasteiger partial charge in [-0.3, -0.25) is 4.72 Å². The van der Waals surface area contributed by atoms with Crippen molar-refractivity contribution in [3.63, 3.8) is 0 Å². The summed E-state index contributed by atoms with van der Waals surface area (Å²) in [6.07, 6.45) is 0. The monoisotopic (exact) mass is 387 g/mol. The topological polar surface area (TPSA) is 55.4 Å². The van der Waals surface area contributed by atoms with Crippen molar-refractivity contribution in [1.82, 2.24) is 0 Å². The molecule has 4 nitrogen and oxygen atoms in total. The molecule has 134 valence electrons. The number of para-hydroxylation sites is 1. The molecule has 0 amide bonds. The maximum absolute atomic E-state index is 12.6. The molecule has 0 spiro atoms. The molecule has 0 fully saturated rings. The summed E-state index contributed by atoms with van der Waals surface area (Å²) >= 11 is 6.06. The number of anilines is 1. The van der Waals surface area contributed by atoms with Crippen LogP contribution in [0.1, 0.15) is 11.1 Å². The average molecular weight is 388 g/mol. The molecule has 0 unspecified atom stereocenters. The Kier molecular flexibility index (Phi) is 5.20. The van der Waals surface area contributed by atoms with Crippen molar-refractivity contribution in [3.05, 3.63) is 82.9 Å². The number of rotatable bonds is 5. The van der Waals surface area contributed by atoms with Crippen molar-refractivity contribution in [2.45, 2.75) is 18.7 Å². The number of hydrogen-bond donors (Lipinski definition) is 1. The molecule has 0 aliphatic rings. The molecule has 26 heavy (non-hydrogen) atoms. The molecule has 3 aromatic rings. The van der Waals surface area contributed by atoms with Gasteiger partial charge in [0.1, 0.15) is 11.5 Å². The largest absolute Gasteiger partial charge is 0.456 e. The Balaban J connectivity index is 1.79. The van der Waals surface area contributed by atoms with E-state index in [9.17, 15) is 8.42 Å². The Labute approximate surface area is 158 Å². The minimum absolute atomic E-state index is 0.156. The SMILES string of the molecule is Cc1ccc(NS(=O)(=O)c2ccc(Oc3ccccc3Cl)cc2)c(C)c1. The van der Waals surface area contributed by atoms with Gasteiger partial charge in [-0.05, 0) is 61.9 Å². The minimum Gasteiger partial charge on any atom is -0.456 e. The number of hydrogen-bond acceptors (Lipinski definition) is 3. The van der Waals surface area contributed by atoms with Gasteiger partial charge in [0.2, 0.25) is 0 Å². The first kappa shape index (κ1) is 18.3. The quantitative estimate of drug-likeness (QED) is 0.624. The minimum atomic E-state index is -3.68. The molecule has 0 saturated carbocycles. The van der Waals surface area contributed by atoms with Gasteiger partial charge >= 0.3 is 0 Å². The standard InChI is InChI=1S/C20H18ClNO3S/c1-14-7-12-19(15(2)13-14)22-26(23,24)17-10-8-16(9-11-17)25-20-6-4-3-5-18(20)21/h3-13,22H,1-2H3. The summed E-state index contributed by atoms with van der Waals surface area (Å²) in [6.45, 7) is 3.83. The van der Waals surface area contributed by atoms with Crippen LogP contribution < -0.4 is 9.46 Å². The molecule has 0 saturated heterocycles. The highest BCUT2D eigenvalue weighted by Gasteiger charge is 2.15. The van der Waals surface area contributed by atoms with Gasteiger partial charge in [-0.2, -0.15) is 0 Å². The summed E-state index contributed by atoms with van der Waals surface area (Å²) in [4.78, 5) is 0.156. The van der Waals surface area contributed by atoms with E-state index in [2.05, 4.69) is 4.72 Å². The van der Waals surface area contributed by atoms with E-state index in [4.69, 9.17) is 16.3 Å². The first-order valence-corrected chi connectivity index (χ1v) is 9.84. The van der Waals surface area contributed by atoms with E-state index in [1.165, 1.54) is 12.1 Å². The van der Waals surface area contributed by atoms with Gasteiger partial charge in [0.05, 0.1) is 15.6 Å². The van der Waals surface area contributed by atoms with Crippen molar-refractivity contribution in [3.8, 4) is 11.5 Å². The lowest BCUT2D eigenvalue weighted by Gasteiger charge is -2.12. The fraction of sp³-hybridized carbons (Fsp3) is 0.100. The Hall–Kier alpha value is -2.50. The molecule has 0 radical (unpaired) electrons. The zero-order chi connectivity index (χ0) is 18.7. The van der Waals surface area contributed by atoms with Crippen molar-refractivity contribution < 1.29 is 13.2 Å². The normalized spacial score (nSPS) is 11.2. The van der Waals surface area contributed by atoms with Gasteiger partial charge in [-0.1, -0.05) is 41.4 Å². The fourth-order valence-corrected chi connectivity index (χ4v) is 3.78. The van der Waals surface area contributed by atoms with Crippen LogP contribution in [0.15, 0.2) is 71.6 Å². The molecule has 0 aromatic heterocycles. The zero-order valence-corrected chi connectivity index (χ0v) is 15.9. The molecular formula is C20H18ClNO3S. The van der Waals surface area contributed by atoms with Gasteiger partial charge in [0, 0.05) is 0 Å². The maximum Gasteiger partial charge on any atom is 0.261 e. The maximum atomic E-state index is 12.6. The second-order valence-electron chi connectivity index (χ2n) is 5.93. The van der Waals surface area contributed by atoms with Crippen LogP contribution in [0.2, 0.25) is 5.02 Å². The fourth-order valence-electron chi connectivity index (χ4n) is 2.47. The Morgan fingerprint density at radius 3 is 2.27 bits per heavy atom. The molecule has 6 heteroatoms. The van der Waals surface area contributed by atoms with Crippen LogP contribution in [0.4, 0.5) is 5.69 Å². The molecule has 3 rings (SSSR count). The van der Waals surface area contributed by atoms with Gasteiger partial charge < -0.3 is 4.74 Å². The van der Waals surface area contributed by atoms with Gasteiger partial charge in [0.15, 0.2) is 0 Å². The Morgan fingerprint density at radius 1 is 0.923 bits per heavy atom. The molecule has 0 aliphatic heterocycles. The van der Waals surface area contributed by atoms with Crippen molar-refractivity contribution in [1.29, 1.82) is 0 Å². The van der Waals surface area contributed by atoms with Crippen LogP contribution in [0.3, 0.4) is 0 Å². The molecular weight excluding hydrogens is 370 g/mol. The summed E-state index contributed by atoms with van der Waals surface area (Å²) in [5, 5.41) is 0.487. The molecule has 0 aliphatic carbocycles. The molecule has 0 bridgehead atoms. The average Bonchev–Trinajstić information content (AvgIpc) is 2.60. The lowest BCUT2D eigenvalue weighted by atomic mass is 10.1. The second-order valence-corrected chi connectivity index (χ2v) is 8.02. The smallest absolute Gasteiger partial charge is 0.261 e. The van der Waals surface area contributed by atoms with Crippen LogP contribution in [0.5, 0.6) is 11.5 Å². The highest BCUT2D eigenvalue weighted by Crippen LogP contribution is 2.29. The van der Waals surface area contributed by atoms with Crippen molar-refractivity contribution in [2.75, 3.05) is 4.72 Å². The first-order chi connectivity index (χ1) is 12.3. The van der Waals surface area contributed by atoms with Gasteiger partial charge in [0.25, 0.3) is 10.0 Å². The highest BCUT2D eigenvalue weighted by atomic mass is 35.5. The number of nitrogens with one attached hydrogen (secondary N) is 1. The van der Waals surface area contributed by atoms with Gasteiger partial charge in [-0.25, -0.2) is 8.42 Å². The highest BCUT2D eigenvalue weighted by molar-refractivity contribution is 7.92. The van der Waals surface area contributed by atoms with E-state index in [0.717, 1.165) is 11.1 Å². The summed E-state index contributed by atoms with van der Waals surface area (Å²) in [5.74, 6) is 1.02. The van der Waals surface area contributed by atoms with E-state index < -0.39 is 10.0 Å². The lowest BCUT2D eigenvalue weighted by Crippen LogP contribution is -2.13. The second kappa shape index (κ2) is 7.40.